The third-order valence-corrected chi connectivity index (χ3v) is 3.88. The fourth-order valence-electron chi connectivity index (χ4n) is 2.65. The molecule has 3 aromatic rings. The molecule has 138 valence electrons. The van der Waals surface area contributed by atoms with Gasteiger partial charge in [0.15, 0.2) is 17.3 Å². The number of hydrogen-bond donors (Lipinski definition) is 1. The van der Waals surface area contributed by atoms with Crippen LogP contribution in [-0.4, -0.2) is 31.2 Å². The van der Waals surface area contributed by atoms with Crippen LogP contribution >= 0.6 is 0 Å². The number of para-hydroxylation sites is 2. The van der Waals surface area contributed by atoms with Crippen molar-refractivity contribution < 1.29 is 24.1 Å². The summed E-state index contributed by atoms with van der Waals surface area (Å²) in [5.41, 5.74) is 1.04. The maximum atomic E-state index is 12.9. The molecular formula is C22H20O5. The number of ketones is 1. The molecule has 27 heavy (non-hydrogen) atoms. The van der Waals surface area contributed by atoms with Crippen molar-refractivity contribution in [2.45, 2.75) is 0 Å². The lowest BCUT2D eigenvalue weighted by Gasteiger charge is -2.16. The van der Waals surface area contributed by atoms with Crippen LogP contribution in [0.4, 0.5) is 0 Å². The summed E-state index contributed by atoms with van der Waals surface area (Å²) in [6.45, 7) is 0.0333. The predicted molar refractivity (Wildman–Crippen MR) is 102 cm³/mol. The largest absolute Gasteiger partial charge is 0.490 e. The second-order valence-corrected chi connectivity index (χ2v) is 5.65. The molecule has 0 aromatic heterocycles. The molecule has 0 bridgehead atoms. The number of rotatable bonds is 8. The van der Waals surface area contributed by atoms with Crippen LogP contribution in [0, 0.1) is 0 Å². The first-order chi connectivity index (χ1) is 13.2. The first-order valence-electron chi connectivity index (χ1n) is 8.52. The highest BCUT2D eigenvalue weighted by atomic mass is 16.5. The Morgan fingerprint density at radius 1 is 0.852 bits per heavy atom. The maximum Gasteiger partial charge on any atom is 0.203 e. The van der Waals surface area contributed by atoms with Crippen molar-refractivity contribution in [1.82, 2.24) is 0 Å². The van der Waals surface area contributed by atoms with Gasteiger partial charge in [0.05, 0.1) is 19.3 Å². The average Bonchev–Trinajstić information content (AvgIpc) is 2.73. The van der Waals surface area contributed by atoms with E-state index in [1.54, 1.807) is 54.6 Å². The first kappa shape index (κ1) is 18.5. The van der Waals surface area contributed by atoms with Gasteiger partial charge in [0, 0.05) is 5.56 Å². The highest BCUT2D eigenvalue weighted by molar-refractivity contribution is 6.10. The smallest absolute Gasteiger partial charge is 0.203 e. The van der Waals surface area contributed by atoms with Gasteiger partial charge in [-0.3, -0.25) is 4.79 Å². The van der Waals surface area contributed by atoms with Crippen LogP contribution in [0.5, 0.6) is 23.0 Å². The van der Waals surface area contributed by atoms with Gasteiger partial charge in [-0.1, -0.05) is 48.5 Å². The summed E-state index contributed by atoms with van der Waals surface area (Å²) in [5.74, 6) is 1.56. The van der Waals surface area contributed by atoms with Crippen molar-refractivity contribution in [3.05, 3.63) is 83.9 Å². The summed E-state index contributed by atoms with van der Waals surface area (Å²) >= 11 is 0. The van der Waals surface area contributed by atoms with Gasteiger partial charge in [0.25, 0.3) is 0 Å². The molecule has 0 spiro atoms. The number of carbonyl (C=O) groups excluding carboxylic acids is 1. The molecule has 0 aliphatic heterocycles. The molecule has 0 atom stereocenters. The Morgan fingerprint density at radius 3 is 2.26 bits per heavy atom. The van der Waals surface area contributed by atoms with E-state index in [9.17, 15) is 4.79 Å². The summed E-state index contributed by atoms with van der Waals surface area (Å²) in [7, 11) is 1.51. The van der Waals surface area contributed by atoms with Gasteiger partial charge in [-0.05, 0) is 24.3 Å². The quantitative estimate of drug-likeness (QED) is 0.610. The van der Waals surface area contributed by atoms with Crippen LogP contribution < -0.4 is 14.2 Å². The minimum atomic E-state index is -0.127. The van der Waals surface area contributed by atoms with Crippen LogP contribution in [-0.2, 0) is 0 Å². The summed E-state index contributed by atoms with van der Waals surface area (Å²) in [5, 5.41) is 8.97. The minimum absolute atomic E-state index is 0.108. The van der Waals surface area contributed by atoms with E-state index in [0.717, 1.165) is 0 Å². The van der Waals surface area contributed by atoms with Crippen molar-refractivity contribution in [3.63, 3.8) is 0 Å². The van der Waals surface area contributed by atoms with Crippen molar-refractivity contribution >= 4 is 5.78 Å². The van der Waals surface area contributed by atoms with Gasteiger partial charge in [0.1, 0.15) is 12.4 Å². The molecule has 5 nitrogen and oxygen atoms in total. The molecule has 0 saturated carbocycles. The standard InChI is InChI=1S/C22H20O5/c1-25-22-19(26-15-14-23)12-7-13-20(22)27-18-11-6-5-10-17(18)21(24)16-8-3-2-4-9-16/h2-13,23H,14-15H2,1H3. The Hall–Kier alpha value is -3.31. The van der Waals surface area contributed by atoms with Gasteiger partial charge in [-0.2, -0.15) is 0 Å². The van der Waals surface area contributed by atoms with E-state index in [1.807, 2.05) is 18.2 Å². The number of carbonyl (C=O) groups is 1. The summed E-state index contributed by atoms with van der Waals surface area (Å²) < 4.78 is 16.9. The predicted octanol–water partition coefficient (Wildman–Crippen LogP) is 4.09. The van der Waals surface area contributed by atoms with Crippen LogP contribution in [0.15, 0.2) is 72.8 Å². The number of aliphatic hydroxyl groups excluding tert-OH is 1. The molecule has 0 aliphatic carbocycles. The van der Waals surface area contributed by atoms with Gasteiger partial charge in [-0.25, -0.2) is 0 Å². The number of aliphatic hydroxyl groups is 1. The van der Waals surface area contributed by atoms with E-state index in [2.05, 4.69) is 0 Å². The number of ether oxygens (including phenoxy) is 3. The van der Waals surface area contributed by atoms with E-state index in [-0.39, 0.29) is 19.0 Å². The lowest BCUT2D eigenvalue weighted by atomic mass is 10.0. The highest BCUT2D eigenvalue weighted by Gasteiger charge is 2.17. The average molecular weight is 364 g/mol. The maximum absolute atomic E-state index is 12.9. The van der Waals surface area contributed by atoms with Gasteiger partial charge >= 0.3 is 0 Å². The molecule has 1 N–H and O–H groups in total. The lowest BCUT2D eigenvalue weighted by Crippen LogP contribution is -2.05. The Bertz CT molecular complexity index is 906. The monoisotopic (exact) mass is 364 g/mol. The molecule has 5 heteroatoms. The summed E-state index contributed by atoms with van der Waals surface area (Å²) in [6, 6.07) is 21.3. The summed E-state index contributed by atoms with van der Waals surface area (Å²) in [4.78, 5) is 12.9. The fraction of sp³-hybridized carbons (Fsp3) is 0.136. The third kappa shape index (κ3) is 4.27. The van der Waals surface area contributed by atoms with Crippen LogP contribution in [0.25, 0.3) is 0 Å². The second-order valence-electron chi connectivity index (χ2n) is 5.65. The van der Waals surface area contributed by atoms with E-state index < -0.39 is 0 Å². The highest BCUT2D eigenvalue weighted by Crippen LogP contribution is 2.40. The summed E-state index contributed by atoms with van der Waals surface area (Å²) in [6.07, 6.45) is 0. The van der Waals surface area contributed by atoms with Gasteiger partial charge < -0.3 is 19.3 Å². The lowest BCUT2D eigenvalue weighted by molar-refractivity contribution is 0.103. The van der Waals surface area contributed by atoms with E-state index in [0.29, 0.717) is 34.1 Å². The molecule has 0 saturated heterocycles. The Kier molecular flexibility index (Phi) is 6.07. The number of hydrogen-bond acceptors (Lipinski definition) is 5. The SMILES string of the molecule is COc1c(OCCO)cccc1Oc1ccccc1C(=O)c1ccccc1. The first-order valence-corrected chi connectivity index (χ1v) is 8.52. The second kappa shape index (κ2) is 8.87. The van der Waals surface area contributed by atoms with Crippen molar-refractivity contribution in [2.75, 3.05) is 20.3 Å². The van der Waals surface area contributed by atoms with Crippen molar-refractivity contribution in [2.24, 2.45) is 0 Å². The molecule has 3 rings (SSSR count). The van der Waals surface area contributed by atoms with Gasteiger partial charge in [0.2, 0.25) is 5.75 Å². The molecule has 0 radical (unpaired) electrons. The van der Waals surface area contributed by atoms with E-state index in [1.165, 1.54) is 7.11 Å². The molecular weight excluding hydrogens is 344 g/mol. The van der Waals surface area contributed by atoms with Crippen molar-refractivity contribution in [1.29, 1.82) is 0 Å². The van der Waals surface area contributed by atoms with E-state index in [4.69, 9.17) is 19.3 Å². The molecule has 3 aromatic carbocycles. The topological polar surface area (TPSA) is 65.0 Å². The molecule has 0 aliphatic rings. The van der Waals surface area contributed by atoms with Crippen LogP contribution in [0.3, 0.4) is 0 Å². The molecule has 0 heterocycles. The number of benzene rings is 3. The minimum Gasteiger partial charge on any atom is -0.490 e. The van der Waals surface area contributed by atoms with Crippen molar-refractivity contribution in [3.8, 4) is 23.0 Å². The Labute approximate surface area is 157 Å². The van der Waals surface area contributed by atoms with Crippen LogP contribution in [0.2, 0.25) is 0 Å². The molecule has 0 unspecified atom stereocenters. The molecule has 0 fully saturated rings. The normalized spacial score (nSPS) is 10.3. The Morgan fingerprint density at radius 2 is 1.52 bits per heavy atom. The molecule has 0 amide bonds. The zero-order valence-electron chi connectivity index (χ0n) is 14.9. The zero-order valence-corrected chi connectivity index (χ0v) is 14.9. The van der Waals surface area contributed by atoms with E-state index >= 15 is 0 Å². The van der Waals surface area contributed by atoms with Gasteiger partial charge in [-0.15, -0.1) is 0 Å². The number of methoxy groups -OCH3 is 1. The zero-order chi connectivity index (χ0) is 19.1. The fourth-order valence-corrected chi connectivity index (χ4v) is 2.65. The third-order valence-electron chi connectivity index (χ3n) is 3.88. The van der Waals surface area contributed by atoms with Crippen LogP contribution in [0.1, 0.15) is 15.9 Å². The Balaban J connectivity index is 1.94.